The van der Waals surface area contributed by atoms with Gasteiger partial charge in [-0.15, -0.1) is 0 Å². The van der Waals surface area contributed by atoms with Crippen LogP contribution in [-0.2, 0) is 9.84 Å². The van der Waals surface area contributed by atoms with Crippen molar-refractivity contribution in [3.05, 3.63) is 0 Å². The van der Waals surface area contributed by atoms with Crippen molar-refractivity contribution < 1.29 is 13.2 Å². The smallest absolute Gasteiger partial charge is 0.320 e. The van der Waals surface area contributed by atoms with Crippen molar-refractivity contribution in [2.45, 2.75) is 19.4 Å². The summed E-state index contributed by atoms with van der Waals surface area (Å²) in [4.78, 5) is 15.7. The molecule has 0 aliphatic carbocycles. The highest BCUT2D eigenvalue weighted by Crippen LogP contribution is 2.17. The molecule has 2 heterocycles. The van der Waals surface area contributed by atoms with Gasteiger partial charge in [0.2, 0.25) is 0 Å². The van der Waals surface area contributed by atoms with Crippen molar-refractivity contribution in [3.63, 3.8) is 0 Å². The van der Waals surface area contributed by atoms with Gasteiger partial charge in [0.05, 0.1) is 11.8 Å². The summed E-state index contributed by atoms with van der Waals surface area (Å²) in [7, 11) is -2.92. The van der Waals surface area contributed by atoms with Crippen LogP contribution < -0.4 is 5.32 Å². The Hall–Kier alpha value is -0.820. The molecule has 1 unspecified atom stereocenters. The van der Waals surface area contributed by atoms with Crippen LogP contribution in [0.4, 0.5) is 4.79 Å². The molecule has 0 saturated carbocycles. The van der Waals surface area contributed by atoms with Gasteiger partial charge < -0.3 is 15.1 Å². The zero-order chi connectivity index (χ0) is 13.2. The van der Waals surface area contributed by atoms with Gasteiger partial charge >= 0.3 is 6.03 Å². The Kier molecular flexibility index (Phi) is 4.11. The number of rotatable bonds is 5. The zero-order valence-electron chi connectivity index (χ0n) is 10.8. The molecule has 2 amide bonds. The predicted octanol–water partition coefficient (Wildman–Crippen LogP) is -0.479. The van der Waals surface area contributed by atoms with Crippen LogP contribution >= 0.6 is 0 Å². The highest BCUT2D eigenvalue weighted by molar-refractivity contribution is 7.91. The van der Waals surface area contributed by atoms with Gasteiger partial charge in [0.25, 0.3) is 0 Å². The molecule has 2 aliphatic heterocycles. The SMILES string of the molecule is CCS(=O)(=O)CCCN1CC2CNCCN2C1=O. The van der Waals surface area contributed by atoms with Gasteiger partial charge in [-0.3, -0.25) is 0 Å². The second-order valence-corrected chi connectivity index (χ2v) is 7.34. The van der Waals surface area contributed by atoms with E-state index in [1.165, 1.54) is 0 Å². The lowest BCUT2D eigenvalue weighted by Crippen LogP contribution is -2.49. The van der Waals surface area contributed by atoms with Gasteiger partial charge in [0.1, 0.15) is 9.84 Å². The van der Waals surface area contributed by atoms with Crippen LogP contribution in [0.2, 0.25) is 0 Å². The number of sulfone groups is 1. The van der Waals surface area contributed by atoms with Crippen LogP contribution in [0.25, 0.3) is 0 Å². The van der Waals surface area contributed by atoms with Gasteiger partial charge in [0, 0.05) is 38.5 Å². The first kappa shape index (κ1) is 13.6. The van der Waals surface area contributed by atoms with Crippen molar-refractivity contribution >= 4 is 15.9 Å². The molecule has 0 aromatic rings. The van der Waals surface area contributed by atoms with Crippen LogP contribution in [0.1, 0.15) is 13.3 Å². The predicted molar refractivity (Wildman–Crippen MR) is 69.3 cm³/mol. The molecule has 2 aliphatic rings. The number of hydrogen-bond acceptors (Lipinski definition) is 4. The number of nitrogens with one attached hydrogen (secondary N) is 1. The van der Waals surface area contributed by atoms with E-state index < -0.39 is 9.84 Å². The fraction of sp³-hybridized carbons (Fsp3) is 0.909. The van der Waals surface area contributed by atoms with Crippen LogP contribution in [0.3, 0.4) is 0 Å². The summed E-state index contributed by atoms with van der Waals surface area (Å²) in [6.45, 7) is 5.37. The van der Waals surface area contributed by atoms with Crippen molar-refractivity contribution in [2.24, 2.45) is 0 Å². The number of carbonyl (C=O) groups is 1. The minimum absolute atomic E-state index is 0.0652. The maximum atomic E-state index is 12.0. The highest BCUT2D eigenvalue weighted by Gasteiger charge is 2.37. The average molecular weight is 275 g/mol. The molecule has 1 N–H and O–H groups in total. The van der Waals surface area contributed by atoms with E-state index in [-0.39, 0.29) is 23.6 Å². The lowest BCUT2D eigenvalue weighted by atomic mass is 10.2. The molecule has 0 spiro atoms. The number of hydrogen-bond donors (Lipinski definition) is 1. The summed E-state index contributed by atoms with van der Waals surface area (Å²) >= 11 is 0. The summed E-state index contributed by atoms with van der Waals surface area (Å²) < 4.78 is 22.8. The summed E-state index contributed by atoms with van der Waals surface area (Å²) in [5.74, 6) is 0.357. The van der Waals surface area contributed by atoms with Gasteiger partial charge in [-0.05, 0) is 6.42 Å². The van der Waals surface area contributed by atoms with Gasteiger partial charge in [-0.1, -0.05) is 6.92 Å². The molecule has 0 aromatic heterocycles. The van der Waals surface area contributed by atoms with E-state index in [2.05, 4.69) is 5.32 Å². The molecule has 7 heteroatoms. The Balaban J connectivity index is 1.82. The summed E-state index contributed by atoms with van der Waals surface area (Å²) in [6.07, 6.45) is 0.538. The Morgan fingerprint density at radius 1 is 1.44 bits per heavy atom. The number of nitrogens with zero attached hydrogens (tertiary/aromatic N) is 2. The van der Waals surface area contributed by atoms with Crippen LogP contribution in [0.15, 0.2) is 0 Å². The minimum atomic E-state index is -2.92. The number of carbonyl (C=O) groups excluding carboxylic acids is 1. The largest absolute Gasteiger partial charge is 0.322 e. The van der Waals surface area contributed by atoms with Crippen LogP contribution in [0, 0.1) is 0 Å². The van der Waals surface area contributed by atoms with Crippen molar-refractivity contribution in [3.8, 4) is 0 Å². The highest BCUT2D eigenvalue weighted by atomic mass is 32.2. The first-order chi connectivity index (χ1) is 8.53. The second-order valence-electron chi connectivity index (χ2n) is 4.87. The maximum Gasteiger partial charge on any atom is 0.320 e. The van der Waals surface area contributed by atoms with E-state index in [0.29, 0.717) is 13.0 Å². The second kappa shape index (κ2) is 5.44. The molecule has 6 nitrogen and oxygen atoms in total. The maximum absolute atomic E-state index is 12.0. The third kappa shape index (κ3) is 2.95. The fourth-order valence-electron chi connectivity index (χ4n) is 2.50. The average Bonchev–Trinajstić information content (AvgIpc) is 2.67. The molecule has 0 radical (unpaired) electrons. The molecule has 2 rings (SSSR count). The topological polar surface area (TPSA) is 69.7 Å². The van der Waals surface area contributed by atoms with Crippen molar-refractivity contribution in [1.82, 2.24) is 15.1 Å². The van der Waals surface area contributed by atoms with E-state index in [1.807, 2.05) is 4.90 Å². The van der Waals surface area contributed by atoms with E-state index >= 15 is 0 Å². The van der Waals surface area contributed by atoms with E-state index in [9.17, 15) is 13.2 Å². The monoisotopic (exact) mass is 275 g/mol. The van der Waals surface area contributed by atoms with E-state index in [4.69, 9.17) is 0 Å². The molecule has 104 valence electrons. The Morgan fingerprint density at radius 2 is 2.22 bits per heavy atom. The first-order valence-corrected chi connectivity index (χ1v) is 8.32. The summed E-state index contributed by atoms with van der Waals surface area (Å²) in [6, 6.07) is 0.324. The summed E-state index contributed by atoms with van der Waals surface area (Å²) in [5, 5.41) is 3.27. The standard InChI is InChI=1S/C11H21N3O3S/c1-2-18(16,17)7-3-5-13-9-10-8-12-4-6-14(10)11(13)15/h10,12H,2-9H2,1H3. The normalized spacial score (nSPS) is 24.5. The Morgan fingerprint density at radius 3 is 2.89 bits per heavy atom. The number of piperazine rings is 1. The number of amides is 2. The lowest BCUT2D eigenvalue weighted by molar-refractivity contribution is 0.179. The third-order valence-corrected chi connectivity index (χ3v) is 5.41. The molecule has 2 fully saturated rings. The van der Waals surface area contributed by atoms with Gasteiger partial charge in [-0.2, -0.15) is 0 Å². The first-order valence-electron chi connectivity index (χ1n) is 6.50. The van der Waals surface area contributed by atoms with Crippen LogP contribution in [0.5, 0.6) is 0 Å². The number of fused-ring (bicyclic) bond motifs is 1. The van der Waals surface area contributed by atoms with Crippen molar-refractivity contribution in [1.29, 1.82) is 0 Å². The van der Waals surface area contributed by atoms with Gasteiger partial charge in [0.15, 0.2) is 0 Å². The molecular formula is C11H21N3O3S. The van der Waals surface area contributed by atoms with E-state index in [1.54, 1.807) is 11.8 Å². The number of urea groups is 1. The summed E-state index contributed by atoms with van der Waals surface area (Å²) in [5.41, 5.74) is 0. The zero-order valence-corrected chi connectivity index (χ0v) is 11.6. The minimum Gasteiger partial charge on any atom is -0.322 e. The quantitative estimate of drug-likeness (QED) is 0.736. The molecule has 1 atom stereocenters. The Labute approximate surface area is 108 Å². The van der Waals surface area contributed by atoms with Gasteiger partial charge in [-0.25, -0.2) is 13.2 Å². The fourth-order valence-corrected chi connectivity index (χ4v) is 3.35. The Bertz CT molecular complexity index is 410. The lowest BCUT2D eigenvalue weighted by Gasteiger charge is -2.28. The third-order valence-electron chi connectivity index (χ3n) is 3.62. The van der Waals surface area contributed by atoms with Crippen molar-refractivity contribution in [2.75, 3.05) is 44.2 Å². The molecule has 18 heavy (non-hydrogen) atoms. The molecule has 0 aromatic carbocycles. The van der Waals surface area contributed by atoms with Crippen LogP contribution in [-0.4, -0.2) is 74.5 Å². The molecule has 2 saturated heterocycles. The molecular weight excluding hydrogens is 254 g/mol. The van der Waals surface area contributed by atoms with E-state index in [0.717, 1.165) is 26.2 Å². The molecule has 0 bridgehead atoms.